The summed E-state index contributed by atoms with van der Waals surface area (Å²) in [4.78, 5) is 0. The molecule has 0 N–H and O–H groups in total. The van der Waals surface area contributed by atoms with E-state index in [0.717, 1.165) is 31.6 Å². The third-order valence-corrected chi connectivity index (χ3v) is 6.33. The Morgan fingerprint density at radius 2 is 1.59 bits per heavy atom. The monoisotopic (exact) mass is 404 g/mol. The molecule has 2 fully saturated rings. The maximum Gasteiger partial charge on any atom is 0.157 e. The summed E-state index contributed by atoms with van der Waals surface area (Å²) in [5.41, 5.74) is 0.524. The molecule has 4 heteroatoms. The smallest absolute Gasteiger partial charge is 0.157 e. The van der Waals surface area contributed by atoms with Crippen LogP contribution in [0.5, 0.6) is 0 Å². The standard InChI is InChI=1S/C25H34F2O2/c1-3-5-21-16-28-25(29-17-21)13-11-20-14-23(26)22(24(27)15-20)12-10-19-8-6-18(4-2)7-9-19/h14-15,18-19,21,25H,3-9,11,13,16-17H2,1-2H3/t18-,19-,21-,25-. The van der Waals surface area contributed by atoms with Gasteiger partial charge in [-0.1, -0.05) is 38.5 Å². The van der Waals surface area contributed by atoms with Crippen molar-refractivity contribution in [3.05, 3.63) is 34.9 Å². The molecule has 1 aliphatic heterocycles. The number of rotatable bonds is 6. The Balaban J connectivity index is 1.53. The summed E-state index contributed by atoms with van der Waals surface area (Å²) >= 11 is 0. The van der Waals surface area contributed by atoms with Crippen LogP contribution in [0, 0.1) is 41.2 Å². The van der Waals surface area contributed by atoms with Gasteiger partial charge in [-0.25, -0.2) is 8.78 Å². The summed E-state index contributed by atoms with van der Waals surface area (Å²) in [6, 6.07) is 2.81. The lowest BCUT2D eigenvalue weighted by atomic mass is 9.81. The van der Waals surface area contributed by atoms with Crippen LogP contribution in [0.2, 0.25) is 0 Å². The Hall–Kier alpha value is -1.44. The molecule has 0 radical (unpaired) electrons. The minimum absolute atomic E-state index is 0.0982. The molecule has 1 aliphatic carbocycles. The van der Waals surface area contributed by atoms with Crippen LogP contribution in [0.15, 0.2) is 12.1 Å². The molecule has 0 bridgehead atoms. The van der Waals surface area contributed by atoms with Crippen molar-refractivity contribution in [1.29, 1.82) is 0 Å². The molecule has 0 atom stereocenters. The number of hydrogen-bond donors (Lipinski definition) is 0. The maximum atomic E-state index is 14.5. The molecule has 1 aromatic rings. The molecule has 160 valence electrons. The minimum Gasteiger partial charge on any atom is -0.352 e. The Kier molecular flexibility index (Phi) is 8.51. The van der Waals surface area contributed by atoms with Crippen molar-refractivity contribution in [2.24, 2.45) is 17.8 Å². The fraction of sp³-hybridized carbons (Fsp3) is 0.680. The second-order valence-corrected chi connectivity index (χ2v) is 8.62. The van der Waals surface area contributed by atoms with Gasteiger partial charge in [0.1, 0.15) is 11.6 Å². The van der Waals surface area contributed by atoms with Gasteiger partial charge in [-0.2, -0.15) is 0 Å². The highest BCUT2D eigenvalue weighted by atomic mass is 19.1. The SMILES string of the molecule is CCC[C@H]1CO[C@H](CCc2cc(F)c(C#C[C@H]3CC[C@H](CC)CC3)c(F)c2)OC1. The normalized spacial score (nSPS) is 27.3. The first kappa shape index (κ1) is 22.2. The van der Waals surface area contributed by atoms with Gasteiger partial charge in [-0.15, -0.1) is 0 Å². The summed E-state index contributed by atoms with van der Waals surface area (Å²) in [7, 11) is 0. The van der Waals surface area contributed by atoms with E-state index in [-0.39, 0.29) is 17.8 Å². The maximum absolute atomic E-state index is 14.5. The fourth-order valence-electron chi connectivity index (χ4n) is 4.39. The molecule has 0 spiro atoms. The second-order valence-electron chi connectivity index (χ2n) is 8.62. The van der Waals surface area contributed by atoms with E-state index >= 15 is 0 Å². The van der Waals surface area contributed by atoms with Crippen molar-refractivity contribution in [3.63, 3.8) is 0 Å². The zero-order valence-corrected chi connectivity index (χ0v) is 17.8. The van der Waals surface area contributed by atoms with Gasteiger partial charge in [0.05, 0.1) is 18.8 Å². The molecular weight excluding hydrogens is 370 g/mol. The molecule has 1 saturated heterocycles. The van der Waals surface area contributed by atoms with Gasteiger partial charge >= 0.3 is 0 Å². The average molecular weight is 405 g/mol. The fourth-order valence-corrected chi connectivity index (χ4v) is 4.39. The largest absolute Gasteiger partial charge is 0.352 e. The third-order valence-electron chi connectivity index (χ3n) is 6.33. The molecule has 1 aromatic carbocycles. The quantitative estimate of drug-likeness (QED) is 0.521. The molecule has 0 amide bonds. The van der Waals surface area contributed by atoms with Gasteiger partial charge < -0.3 is 9.47 Å². The van der Waals surface area contributed by atoms with Crippen LogP contribution in [0.25, 0.3) is 0 Å². The first-order valence-electron chi connectivity index (χ1n) is 11.3. The van der Waals surface area contributed by atoms with E-state index in [1.165, 1.54) is 31.4 Å². The number of hydrogen-bond acceptors (Lipinski definition) is 2. The molecule has 29 heavy (non-hydrogen) atoms. The van der Waals surface area contributed by atoms with Crippen molar-refractivity contribution in [3.8, 4) is 11.8 Å². The van der Waals surface area contributed by atoms with E-state index < -0.39 is 11.6 Å². The molecule has 1 saturated carbocycles. The van der Waals surface area contributed by atoms with Crippen LogP contribution >= 0.6 is 0 Å². The number of halogens is 2. The Morgan fingerprint density at radius 3 is 2.17 bits per heavy atom. The Labute approximate surface area is 174 Å². The van der Waals surface area contributed by atoms with Crippen LogP contribution in [0.4, 0.5) is 8.78 Å². The van der Waals surface area contributed by atoms with Crippen molar-refractivity contribution in [2.75, 3.05) is 13.2 Å². The first-order chi connectivity index (χ1) is 14.1. The highest BCUT2D eigenvalue weighted by Gasteiger charge is 2.22. The topological polar surface area (TPSA) is 18.5 Å². The van der Waals surface area contributed by atoms with Crippen LogP contribution in [0.1, 0.15) is 76.3 Å². The summed E-state index contributed by atoms with van der Waals surface area (Å²) < 4.78 is 40.4. The first-order valence-corrected chi connectivity index (χ1v) is 11.3. The molecule has 0 unspecified atom stereocenters. The third kappa shape index (κ3) is 6.52. The van der Waals surface area contributed by atoms with E-state index in [2.05, 4.69) is 25.7 Å². The zero-order valence-electron chi connectivity index (χ0n) is 17.8. The van der Waals surface area contributed by atoms with Crippen molar-refractivity contribution >= 4 is 0 Å². The van der Waals surface area contributed by atoms with Crippen LogP contribution in [-0.2, 0) is 15.9 Å². The van der Waals surface area contributed by atoms with Gasteiger partial charge in [0.15, 0.2) is 6.29 Å². The van der Waals surface area contributed by atoms with Crippen LogP contribution in [-0.4, -0.2) is 19.5 Å². The lowest BCUT2D eigenvalue weighted by Gasteiger charge is -2.29. The van der Waals surface area contributed by atoms with Gasteiger partial charge in [0, 0.05) is 18.3 Å². The highest BCUT2D eigenvalue weighted by Crippen LogP contribution is 2.30. The van der Waals surface area contributed by atoms with Gasteiger partial charge in [-0.05, 0) is 62.1 Å². The minimum atomic E-state index is -0.566. The summed E-state index contributed by atoms with van der Waals surface area (Å²) in [5, 5.41) is 0. The number of benzene rings is 1. The lowest BCUT2D eigenvalue weighted by molar-refractivity contribution is -0.203. The van der Waals surface area contributed by atoms with Crippen LogP contribution in [0.3, 0.4) is 0 Å². The van der Waals surface area contributed by atoms with E-state index in [4.69, 9.17) is 9.47 Å². The summed E-state index contributed by atoms with van der Waals surface area (Å²) in [6.45, 7) is 5.78. The number of ether oxygens (including phenoxy) is 2. The lowest BCUT2D eigenvalue weighted by Crippen LogP contribution is -2.32. The number of aryl methyl sites for hydroxylation is 1. The summed E-state index contributed by atoms with van der Waals surface area (Å²) in [5.74, 6) is 6.27. The highest BCUT2D eigenvalue weighted by molar-refractivity contribution is 5.39. The zero-order chi connectivity index (χ0) is 20.6. The van der Waals surface area contributed by atoms with Gasteiger partial charge in [-0.3, -0.25) is 0 Å². The van der Waals surface area contributed by atoms with Crippen molar-refractivity contribution < 1.29 is 18.3 Å². The van der Waals surface area contributed by atoms with E-state index in [9.17, 15) is 8.78 Å². The van der Waals surface area contributed by atoms with E-state index in [1.807, 2.05) is 0 Å². The molecule has 2 aliphatic rings. The van der Waals surface area contributed by atoms with Crippen molar-refractivity contribution in [2.45, 2.75) is 77.9 Å². The van der Waals surface area contributed by atoms with Crippen molar-refractivity contribution in [1.82, 2.24) is 0 Å². The molecule has 3 rings (SSSR count). The van der Waals surface area contributed by atoms with Gasteiger partial charge in [0.25, 0.3) is 0 Å². The molecule has 0 aromatic heterocycles. The summed E-state index contributed by atoms with van der Waals surface area (Å²) in [6.07, 6.45) is 8.68. The Morgan fingerprint density at radius 1 is 0.931 bits per heavy atom. The predicted molar refractivity (Wildman–Crippen MR) is 111 cm³/mol. The van der Waals surface area contributed by atoms with Crippen LogP contribution < -0.4 is 0 Å². The van der Waals surface area contributed by atoms with E-state index in [1.54, 1.807) is 0 Å². The predicted octanol–water partition coefficient (Wildman–Crippen LogP) is 6.25. The molecule has 1 heterocycles. The molecular formula is C25H34F2O2. The average Bonchev–Trinajstić information content (AvgIpc) is 2.73. The van der Waals surface area contributed by atoms with Gasteiger partial charge in [0.2, 0.25) is 0 Å². The Bertz CT molecular complexity index is 682. The van der Waals surface area contributed by atoms with E-state index in [0.29, 0.717) is 37.5 Å². The molecule has 2 nitrogen and oxygen atoms in total. The second kappa shape index (κ2) is 11.1.